The summed E-state index contributed by atoms with van der Waals surface area (Å²) in [4.78, 5) is 16.2. The van der Waals surface area contributed by atoms with Crippen LogP contribution in [0.2, 0.25) is 0 Å². The topological polar surface area (TPSA) is 72.3 Å². The van der Waals surface area contributed by atoms with Crippen LogP contribution in [0.4, 0.5) is 5.95 Å². The van der Waals surface area contributed by atoms with Crippen molar-refractivity contribution in [3.05, 3.63) is 52.2 Å². The minimum atomic E-state index is -0.284. The van der Waals surface area contributed by atoms with Gasteiger partial charge in [0.2, 0.25) is 11.9 Å². The maximum atomic E-state index is 12.7. The molecule has 1 aromatic carbocycles. The molecule has 3 heterocycles. The van der Waals surface area contributed by atoms with Crippen LogP contribution in [0.1, 0.15) is 17.4 Å². The van der Waals surface area contributed by atoms with E-state index < -0.39 is 0 Å². The fraction of sp³-hybridized carbons (Fsp3) is 0.409. The molecule has 0 saturated carbocycles. The number of thiophene rings is 1. The van der Waals surface area contributed by atoms with Crippen LogP contribution in [-0.4, -0.2) is 58.8 Å². The third-order valence-electron chi connectivity index (χ3n) is 5.17. The normalized spacial score (nSPS) is 15.1. The van der Waals surface area contributed by atoms with Gasteiger partial charge in [0.1, 0.15) is 0 Å². The smallest absolute Gasteiger partial charge is 0.233 e. The maximum Gasteiger partial charge on any atom is 0.233 e. The summed E-state index contributed by atoms with van der Waals surface area (Å²) >= 11 is 3.15. The SMILES string of the molecule is Cc1ccccc1-n1c(S[C@H](C)C(=O)NCCc2cccs2)nnc1N1CCOCC1. The molecule has 0 radical (unpaired) electrons. The summed E-state index contributed by atoms with van der Waals surface area (Å²) in [5, 5.41) is 14.5. The number of benzene rings is 1. The quantitative estimate of drug-likeness (QED) is 0.523. The van der Waals surface area contributed by atoms with Crippen LogP contribution >= 0.6 is 23.1 Å². The molecule has 0 unspecified atom stereocenters. The van der Waals surface area contributed by atoms with Crippen LogP contribution in [0.5, 0.6) is 0 Å². The molecule has 31 heavy (non-hydrogen) atoms. The minimum absolute atomic E-state index is 0.00816. The Morgan fingerprint density at radius 1 is 1.23 bits per heavy atom. The van der Waals surface area contributed by atoms with Crippen molar-refractivity contribution in [2.24, 2.45) is 0 Å². The van der Waals surface area contributed by atoms with Crippen LogP contribution < -0.4 is 10.2 Å². The summed E-state index contributed by atoms with van der Waals surface area (Å²) in [6, 6.07) is 12.3. The minimum Gasteiger partial charge on any atom is -0.378 e. The third-order valence-corrected chi connectivity index (χ3v) is 7.15. The van der Waals surface area contributed by atoms with Gasteiger partial charge < -0.3 is 15.0 Å². The highest BCUT2D eigenvalue weighted by Crippen LogP contribution is 2.31. The van der Waals surface area contributed by atoms with Gasteiger partial charge in [-0.25, -0.2) is 0 Å². The highest BCUT2D eigenvalue weighted by molar-refractivity contribution is 8.00. The van der Waals surface area contributed by atoms with E-state index in [-0.39, 0.29) is 11.2 Å². The maximum absolute atomic E-state index is 12.7. The summed E-state index contributed by atoms with van der Waals surface area (Å²) in [6.45, 7) is 7.51. The second kappa shape index (κ2) is 10.3. The second-order valence-electron chi connectivity index (χ2n) is 7.38. The number of carbonyl (C=O) groups is 1. The fourth-order valence-corrected chi connectivity index (χ4v) is 5.04. The Balaban J connectivity index is 1.51. The molecule has 1 N–H and O–H groups in total. The molecule has 1 atom stereocenters. The van der Waals surface area contributed by atoms with E-state index in [1.165, 1.54) is 16.6 Å². The van der Waals surface area contributed by atoms with E-state index >= 15 is 0 Å². The Kier molecular flexibility index (Phi) is 7.26. The number of thioether (sulfide) groups is 1. The molecule has 1 fully saturated rings. The van der Waals surface area contributed by atoms with E-state index in [0.29, 0.717) is 19.8 Å². The zero-order valence-electron chi connectivity index (χ0n) is 17.8. The van der Waals surface area contributed by atoms with Crippen molar-refractivity contribution in [2.45, 2.75) is 30.7 Å². The molecule has 3 aromatic rings. The molecule has 0 spiro atoms. The lowest BCUT2D eigenvalue weighted by atomic mass is 10.2. The van der Waals surface area contributed by atoms with Crippen LogP contribution in [0.15, 0.2) is 46.9 Å². The number of rotatable bonds is 8. The van der Waals surface area contributed by atoms with Crippen molar-refractivity contribution in [1.82, 2.24) is 20.1 Å². The van der Waals surface area contributed by atoms with Crippen LogP contribution in [0.3, 0.4) is 0 Å². The molecule has 1 saturated heterocycles. The number of carbonyl (C=O) groups excluding carboxylic acids is 1. The molecule has 4 rings (SSSR count). The molecule has 1 amide bonds. The third kappa shape index (κ3) is 5.28. The van der Waals surface area contributed by atoms with Gasteiger partial charge in [-0.2, -0.15) is 0 Å². The largest absolute Gasteiger partial charge is 0.378 e. The highest BCUT2D eigenvalue weighted by Gasteiger charge is 2.25. The van der Waals surface area contributed by atoms with Gasteiger partial charge in [-0.3, -0.25) is 9.36 Å². The lowest BCUT2D eigenvalue weighted by Crippen LogP contribution is -2.38. The fourth-order valence-electron chi connectivity index (χ4n) is 3.45. The number of hydrogen-bond donors (Lipinski definition) is 1. The Morgan fingerprint density at radius 3 is 2.77 bits per heavy atom. The first-order chi connectivity index (χ1) is 15.1. The average Bonchev–Trinajstić information content (AvgIpc) is 3.45. The van der Waals surface area contributed by atoms with Gasteiger partial charge >= 0.3 is 0 Å². The molecule has 2 aromatic heterocycles. The number of anilines is 1. The summed E-state index contributed by atoms with van der Waals surface area (Å²) in [7, 11) is 0. The molecule has 0 aliphatic carbocycles. The lowest BCUT2D eigenvalue weighted by molar-refractivity contribution is -0.120. The van der Waals surface area contributed by atoms with E-state index in [4.69, 9.17) is 4.74 Å². The van der Waals surface area contributed by atoms with Crippen molar-refractivity contribution in [2.75, 3.05) is 37.7 Å². The molecule has 9 heteroatoms. The van der Waals surface area contributed by atoms with Crippen molar-refractivity contribution in [3.63, 3.8) is 0 Å². The van der Waals surface area contributed by atoms with Gasteiger partial charge in [0.05, 0.1) is 24.2 Å². The number of nitrogens with one attached hydrogen (secondary N) is 1. The van der Waals surface area contributed by atoms with Crippen molar-refractivity contribution in [3.8, 4) is 5.69 Å². The summed E-state index contributed by atoms with van der Waals surface area (Å²) < 4.78 is 7.57. The average molecular weight is 458 g/mol. The molecule has 1 aliphatic rings. The number of aryl methyl sites for hydroxylation is 1. The van der Waals surface area contributed by atoms with Gasteiger partial charge in [0, 0.05) is 24.5 Å². The van der Waals surface area contributed by atoms with Gasteiger partial charge in [-0.15, -0.1) is 21.5 Å². The van der Waals surface area contributed by atoms with Crippen molar-refractivity contribution >= 4 is 35.0 Å². The zero-order valence-corrected chi connectivity index (χ0v) is 19.4. The highest BCUT2D eigenvalue weighted by atomic mass is 32.2. The summed E-state index contributed by atoms with van der Waals surface area (Å²) in [6.07, 6.45) is 0.849. The number of hydrogen-bond acceptors (Lipinski definition) is 7. The van der Waals surface area contributed by atoms with Crippen LogP contribution in [-0.2, 0) is 16.0 Å². The van der Waals surface area contributed by atoms with Gasteiger partial charge in [0.25, 0.3) is 0 Å². The van der Waals surface area contributed by atoms with Gasteiger partial charge in [-0.1, -0.05) is 36.0 Å². The second-order valence-corrected chi connectivity index (χ2v) is 9.72. The van der Waals surface area contributed by atoms with E-state index in [9.17, 15) is 4.79 Å². The standard InChI is InChI=1S/C22H27N5O2S2/c1-16-6-3-4-8-19(16)27-21(26-11-13-29-14-12-26)24-25-22(27)31-17(2)20(28)23-10-9-18-7-5-15-30-18/h3-8,15,17H,9-14H2,1-2H3,(H,23,28)/t17-/m1/s1. The number of para-hydroxylation sites is 1. The molecule has 7 nitrogen and oxygen atoms in total. The molecule has 164 valence electrons. The lowest BCUT2D eigenvalue weighted by Gasteiger charge is -2.28. The number of amides is 1. The number of morpholine rings is 1. The Labute approximate surface area is 190 Å². The van der Waals surface area contributed by atoms with Gasteiger partial charge in [-0.05, 0) is 43.3 Å². The first-order valence-electron chi connectivity index (χ1n) is 10.4. The van der Waals surface area contributed by atoms with E-state index in [1.807, 2.05) is 25.1 Å². The first-order valence-corrected chi connectivity index (χ1v) is 12.2. The number of aromatic nitrogens is 3. The summed E-state index contributed by atoms with van der Waals surface area (Å²) in [5.41, 5.74) is 2.16. The zero-order chi connectivity index (χ0) is 21.6. The predicted molar refractivity (Wildman–Crippen MR) is 125 cm³/mol. The molecular formula is C22H27N5O2S2. The molecule has 0 bridgehead atoms. The molecular weight excluding hydrogens is 430 g/mol. The van der Waals surface area contributed by atoms with E-state index in [0.717, 1.165) is 41.9 Å². The summed E-state index contributed by atoms with van der Waals surface area (Å²) in [5.74, 6) is 0.805. The van der Waals surface area contributed by atoms with Crippen molar-refractivity contribution in [1.29, 1.82) is 0 Å². The van der Waals surface area contributed by atoms with Crippen LogP contribution in [0, 0.1) is 6.92 Å². The van der Waals surface area contributed by atoms with Crippen molar-refractivity contribution < 1.29 is 9.53 Å². The first kappa shape index (κ1) is 21.9. The van der Waals surface area contributed by atoms with Gasteiger partial charge in [0.15, 0.2) is 5.16 Å². The number of ether oxygens (including phenoxy) is 1. The molecule has 1 aliphatic heterocycles. The van der Waals surface area contributed by atoms with E-state index in [2.05, 4.69) is 55.5 Å². The van der Waals surface area contributed by atoms with E-state index in [1.54, 1.807) is 11.3 Å². The number of nitrogens with zero attached hydrogens (tertiary/aromatic N) is 4. The Morgan fingerprint density at radius 2 is 2.03 bits per heavy atom. The van der Waals surface area contributed by atoms with Crippen LogP contribution in [0.25, 0.3) is 5.69 Å². The Bertz CT molecular complexity index is 999. The Hall–Kier alpha value is -2.36. The predicted octanol–water partition coefficient (Wildman–Crippen LogP) is 3.31. The monoisotopic (exact) mass is 457 g/mol.